The van der Waals surface area contributed by atoms with Gasteiger partial charge in [0, 0.05) is 45.1 Å². The largest absolute Gasteiger partial charge is 0.375 e. The SMILES string of the molecule is COCC(=O)N1CCc2[nH]cnc2C12CCN(C(=O)Cn1cc(C)cn1)CC2. The summed E-state index contributed by atoms with van der Waals surface area (Å²) in [5.74, 6) is 0.0220. The van der Waals surface area contributed by atoms with Gasteiger partial charge in [0.25, 0.3) is 0 Å². The lowest BCUT2D eigenvalue weighted by Gasteiger charge is -2.50. The van der Waals surface area contributed by atoms with Crippen LogP contribution in [0.1, 0.15) is 29.8 Å². The second kappa shape index (κ2) is 7.38. The number of hydrogen-bond donors (Lipinski definition) is 1. The Kier molecular flexibility index (Phi) is 4.92. The van der Waals surface area contributed by atoms with Gasteiger partial charge in [0.2, 0.25) is 11.8 Å². The highest BCUT2D eigenvalue weighted by atomic mass is 16.5. The minimum Gasteiger partial charge on any atom is -0.375 e. The van der Waals surface area contributed by atoms with Crippen LogP contribution in [0.3, 0.4) is 0 Å². The van der Waals surface area contributed by atoms with E-state index in [4.69, 9.17) is 4.74 Å². The first-order valence-electron chi connectivity index (χ1n) is 9.62. The molecule has 1 saturated heterocycles. The number of carbonyl (C=O) groups excluding carboxylic acids is 2. The fourth-order valence-corrected chi connectivity index (χ4v) is 4.47. The molecule has 0 aromatic carbocycles. The highest BCUT2D eigenvalue weighted by Crippen LogP contribution is 2.42. The quantitative estimate of drug-likeness (QED) is 0.824. The second-order valence-corrected chi connectivity index (χ2v) is 7.59. The zero-order chi connectivity index (χ0) is 19.7. The minimum atomic E-state index is -0.470. The molecule has 2 amide bonds. The summed E-state index contributed by atoms with van der Waals surface area (Å²) in [6, 6.07) is 0. The molecule has 4 heterocycles. The number of carbonyl (C=O) groups is 2. The first kappa shape index (κ1) is 18.7. The number of nitrogens with one attached hydrogen (secondary N) is 1. The Labute approximate surface area is 163 Å². The van der Waals surface area contributed by atoms with E-state index in [1.165, 1.54) is 7.11 Å². The van der Waals surface area contributed by atoms with Crippen molar-refractivity contribution in [2.75, 3.05) is 33.4 Å². The third kappa shape index (κ3) is 3.19. The van der Waals surface area contributed by atoms with Crippen LogP contribution in [0.25, 0.3) is 0 Å². The lowest BCUT2D eigenvalue weighted by atomic mass is 9.78. The van der Waals surface area contributed by atoms with Gasteiger partial charge < -0.3 is 19.5 Å². The standard InChI is InChI=1S/C19H26N6O3/c1-14-9-22-24(10-14)11-16(26)23-7-4-19(5-8-23)18-15(20-13-21-18)3-6-25(19)17(27)12-28-2/h9-10,13H,3-8,11-12H2,1-2H3,(H,20,21). The van der Waals surface area contributed by atoms with E-state index < -0.39 is 5.54 Å². The zero-order valence-electron chi connectivity index (χ0n) is 16.3. The number of piperidine rings is 1. The zero-order valence-corrected chi connectivity index (χ0v) is 16.3. The summed E-state index contributed by atoms with van der Waals surface area (Å²) in [6.45, 7) is 4.06. The molecule has 9 nitrogen and oxygen atoms in total. The fourth-order valence-electron chi connectivity index (χ4n) is 4.47. The van der Waals surface area contributed by atoms with Gasteiger partial charge >= 0.3 is 0 Å². The van der Waals surface area contributed by atoms with Crippen LogP contribution in [0.5, 0.6) is 0 Å². The molecule has 2 aromatic heterocycles. The highest BCUT2D eigenvalue weighted by Gasteiger charge is 2.49. The van der Waals surface area contributed by atoms with Crippen molar-refractivity contribution in [3.63, 3.8) is 0 Å². The summed E-state index contributed by atoms with van der Waals surface area (Å²) >= 11 is 0. The molecule has 28 heavy (non-hydrogen) atoms. The molecule has 2 aromatic rings. The minimum absolute atomic E-state index is 0.0251. The molecule has 1 spiro atoms. The van der Waals surface area contributed by atoms with Crippen LogP contribution in [0.15, 0.2) is 18.7 Å². The van der Waals surface area contributed by atoms with E-state index in [0.29, 0.717) is 32.5 Å². The van der Waals surface area contributed by atoms with Crippen molar-refractivity contribution in [2.24, 2.45) is 0 Å². The van der Waals surface area contributed by atoms with E-state index >= 15 is 0 Å². The van der Waals surface area contributed by atoms with Crippen molar-refractivity contribution in [1.29, 1.82) is 0 Å². The topological polar surface area (TPSA) is 96.4 Å². The predicted octanol–water partition coefficient (Wildman–Crippen LogP) is 0.464. The molecule has 0 unspecified atom stereocenters. The number of aryl methyl sites for hydroxylation is 1. The fraction of sp³-hybridized carbons (Fsp3) is 0.579. The van der Waals surface area contributed by atoms with E-state index in [0.717, 1.165) is 23.4 Å². The van der Waals surface area contributed by atoms with Crippen LogP contribution in [-0.2, 0) is 32.8 Å². The van der Waals surface area contributed by atoms with E-state index in [9.17, 15) is 9.59 Å². The highest BCUT2D eigenvalue weighted by molar-refractivity contribution is 5.79. The molecule has 2 aliphatic heterocycles. The van der Waals surface area contributed by atoms with Gasteiger partial charge in [0.1, 0.15) is 13.2 Å². The Balaban J connectivity index is 1.51. The number of aromatic nitrogens is 4. The average molecular weight is 386 g/mol. The Morgan fingerprint density at radius 1 is 1.25 bits per heavy atom. The molecule has 2 aliphatic rings. The normalized spacial score (nSPS) is 18.4. The summed E-state index contributed by atoms with van der Waals surface area (Å²) in [7, 11) is 1.53. The number of H-pyrrole nitrogens is 1. The lowest BCUT2D eigenvalue weighted by Crippen LogP contribution is -2.59. The van der Waals surface area contributed by atoms with Gasteiger partial charge in [-0.3, -0.25) is 14.3 Å². The van der Waals surface area contributed by atoms with Gasteiger partial charge in [0.15, 0.2) is 0 Å². The Bertz CT molecular complexity index is 865. The Hall–Kier alpha value is -2.68. The summed E-state index contributed by atoms with van der Waals surface area (Å²) in [5, 5.41) is 4.20. The molecule has 0 atom stereocenters. The van der Waals surface area contributed by atoms with E-state index in [-0.39, 0.29) is 25.0 Å². The number of amides is 2. The van der Waals surface area contributed by atoms with Gasteiger partial charge in [-0.1, -0.05) is 0 Å². The van der Waals surface area contributed by atoms with Gasteiger partial charge in [-0.2, -0.15) is 5.10 Å². The van der Waals surface area contributed by atoms with Gasteiger partial charge in [-0.15, -0.1) is 0 Å². The number of nitrogens with zero attached hydrogens (tertiary/aromatic N) is 5. The van der Waals surface area contributed by atoms with Gasteiger partial charge in [-0.05, 0) is 25.3 Å². The van der Waals surface area contributed by atoms with Crippen molar-refractivity contribution in [2.45, 2.75) is 38.3 Å². The van der Waals surface area contributed by atoms with Crippen LogP contribution in [0, 0.1) is 6.92 Å². The number of hydrogen-bond acceptors (Lipinski definition) is 5. The maximum atomic E-state index is 12.7. The number of imidazole rings is 1. The second-order valence-electron chi connectivity index (χ2n) is 7.59. The van der Waals surface area contributed by atoms with Crippen LogP contribution in [0.2, 0.25) is 0 Å². The first-order valence-corrected chi connectivity index (χ1v) is 9.62. The van der Waals surface area contributed by atoms with Crippen LogP contribution < -0.4 is 0 Å². The monoisotopic (exact) mass is 386 g/mol. The summed E-state index contributed by atoms with van der Waals surface area (Å²) in [6.07, 6.45) is 7.42. The lowest BCUT2D eigenvalue weighted by molar-refractivity contribution is -0.148. The molecule has 1 N–H and O–H groups in total. The number of likely N-dealkylation sites (tertiary alicyclic amines) is 1. The molecule has 0 saturated carbocycles. The number of methoxy groups -OCH3 is 1. The van der Waals surface area contributed by atoms with Crippen molar-refractivity contribution in [3.05, 3.63) is 35.7 Å². The van der Waals surface area contributed by atoms with Crippen molar-refractivity contribution in [1.82, 2.24) is 29.5 Å². The molecule has 4 rings (SSSR count). The maximum absolute atomic E-state index is 12.7. The first-order chi connectivity index (χ1) is 13.5. The molecule has 0 bridgehead atoms. The number of ether oxygens (including phenoxy) is 1. The molecule has 1 fully saturated rings. The number of rotatable bonds is 4. The average Bonchev–Trinajstić information content (AvgIpc) is 3.32. The van der Waals surface area contributed by atoms with Crippen molar-refractivity contribution < 1.29 is 14.3 Å². The number of fused-ring (bicyclic) bond motifs is 2. The maximum Gasteiger partial charge on any atom is 0.249 e. The number of aromatic amines is 1. The van der Waals surface area contributed by atoms with Crippen LogP contribution in [0.4, 0.5) is 0 Å². The third-order valence-corrected chi connectivity index (χ3v) is 5.83. The van der Waals surface area contributed by atoms with Crippen molar-refractivity contribution in [3.8, 4) is 0 Å². The van der Waals surface area contributed by atoms with E-state index in [2.05, 4.69) is 15.1 Å². The molecule has 9 heteroatoms. The van der Waals surface area contributed by atoms with Gasteiger partial charge in [0.05, 0.1) is 23.8 Å². The molecule has 150 valence electrons. The summed E-state index contributed by atoms with van der Waals surface area (Å²) in [4.78, 5) is 37.0. The molecule has 0 aliphatic carbocycles. The predicted molar refractivity (Wildman–Crippen MR) is 100 cm³/mol. The van der Waals surface area contributed by atoms with Crippen LogP contribution >= 0.6 is 0 Å². The van der Waals surface area contributed by atoms with Crippen LogP contribution in [-0.4, -0.2) is 74.7 Å². The Morgan fingerprint density at radius 3 is 2.71 bits per heavy atom. The molecular formula is C19H26N6O3. The van der Waals surface area contributed by atoms with E-state index in [1.807, 2.05) is 22.9 Å². The Morgan fingerprint density at radius 2 is 2.04 bits per heavy atom. The van der Waals surface area contributed by atoms with Crippen molar-refractivity contribution >= 4 is 11.8 Å². The molecular weight excluding hydrogens is 360 g/mol. The summed E-state index contributed by atoms with van der Waals surface area (Å²) in [5.41, 5.74) is 2.60. The molecule has 0 radical (unpaired) electrons. The van der Waals surface area contributed by atoms with Gasteiger partial charge in [-0.25, -0.2) is 4.98 Å². The van der Waals surface area contributed by atoms with E-state index in [1.54, 1.807) is 17.2 Å². The summed E-state index contributed by atoms with van der Waals surface area (Å²) < 4.78 is 6.76. The smallest absolute Gasteiger partial charge is 0.249 e. The third-order valence-electron chi connectivity index (χ3n) is 5.83.